The van der Waals surface area contributed by atoms with Crippen LogP contribution in [-0.4, -0.2) is 28.4 Å². The van der Waals surface area contributed by atoms with Gasteiger partial charge in [-0.2, -0.15) is 0 Å². The number of rotatable bonds is 1. The van der Waals surface area contributed by atoms with E-state index in [2.05, 4.69) is 10.2 Å². The average molecular weight is 157 g/mol. The summed E-state index contributed by atoms with van der Waals surface area (Å²) in [6, 6.07) is -0.0185. The highest BCUT2D eigenvalue weighted by Crippen LogP contribution is 2.08. The van der Waals surface area contributed by atoms with E-state index in [0.29, 0.717) is 5.89 Å². The lowest BCUT2D eigenvalue weighted by Gasteiger charge is -2.04. The summed E-state index contributed by atoms with van der Waals surface area (Å²) < 4.78 is 4.83. The summed E-state index contributed by atoms with van der Waals surface area (Å²) in [4.78, 5) is 11.2. The molecule has 0 saturated heterocycles. The first kappa shape index (κ1) is 7.52. The molecule has 60 valence electrons. The fourth-order valence-electron chi connectivity index (χ4n) is 0.503. The summed E-state index contributed by atoms with van der Waals surface area (Å²) in [5.74, 6) is 0.341. The Bertz CT molecular complexity index is 270. The summed E-state index contributed by atoms with van der Waals surface area (Å²) in [6.45, 7) is 1.59. The van der Waals surface area contributed by atoms with Crippen molar-refractivity contribution in [1.29, 1.82) is 0 Å². The summed E-state index contributed by atoms with van der Waals surface area (Å²) in [5.41, 5.74) is 0. The fraction of sp³-hybridized carbons (Fsp3) is 0.400. The van der Waals surface area contributed by atoms with Gasteiger partial charge in [-0.3, -0.25) is 0 Å². The fourth-order valence-corrected chi connectivity index (χ4v) is 0.503. The Morgan fingerprint density at radius 2 is 2.27 bits per heavy atom. The van der Waals surface area contributed by atoms with Gasteiger partial charge in [0.15, 0.2) is 0 Å². The smallest absolute Gasteiger partial charge is 0.415 e. The molecule has 6 nitrogen and oxygen atoms in total. The molecule has 1 amide bonds. The quantitative estimate of drug-likeness (QED) is 0.641. The summed E-state index contributed by atoms with van der Waals surface area (Å²) >= 11 is 0. The van der Waals surface area contributed by atoms with Crippen molar-refractivity contribution in [2.24, 2.45) is 0 Å². The molecular weight excluding hydrogens is 150 g/mol. The summed E-state index contributed by atoms with van der Waals surface area (Å²) in [5, 5.41) is 15.4. The second-order valence-corrected chi connectivity index (χ2v) is 1.95. The first-order valence-corrected chi connectivity index (χ1v) is 2.88. The molecule has 0 aliphatic heterocycles. The van der Waals surface area contributed by atoms with Gasteiger partial charge in [-0.1, -0.05) is 5.10 Å². The van der Waals surface area contributed by atoms with Crippen molar-refractivity contribution < 1.29 is 14.3 Å². The van der Waals surface area contributed by atoms with Gasteiger partial charge < -0.3 is 9.52 Å². The number of aryl methyl sites for hydroxylation is 1. The van der Waals surface area contributed by atoms with E-state index in [1.54, 1.807) is 6.92 Å². The van der Waals surface area contributed by atoms with Gasteiger partial charge in [-0.15, -0.1) is 5.10 Å². The number of hydrogen-bond donors (Lipinski definition) is 1. The Hall–Kier alpha value is -1.59. The van der Waals surface area contributed by atoms with Crippen molar-refractivity contribution in [1.82, 2.24) is 10.2 Å². The number of carbonyl (C=O) groups is 1. The van der Waals surface area contributed by atoms with Crippen LogP contribution in [0.15, 0.2) is 4.42 Å². The lowest BCUT2D eigenvalue weighted by molar-refractivity contribution is 0.202. The van der Waals surface area contributed by atoms with Crippen LogP contribution >= 0.6 is 0 Å². The Morgan fingerprint density at radius 3 is 2.64 bits per heavy atom. The molecule has 0 fully saturated rings. The van der Waals surface area contributed by atoms with Gasteiger partial charge >= 0.3 is 12.1 Å². The molecular formula is C5H7N3O3. The Kier molecular flexibility index (Phi) is 1.75. The molecule has 0 saturated carbocycles. The number of aromatic nitrogens is 2. The third-order valence-electron chi connectivity index (χ3n) is 1.09. The van der Waals surface area contributed by atoms with Crippen LogP contribution in [0.2, 0.25) is 0 Å². The molecule has 6 heteroatoms. The van der Waals surface area contributed by atoms with Gasteiger partial charge in [-0.25, -0.2) is 9.69 Å². The van der Waals surface area contributed by atoms with Gasteiger partial charge in [-0.05, 0) is 0 Å². The van der Waals surface area contributed by atoms with Crippen molar-refractivity contribution >= 4 is 12.1 Å². The molecule has 0 aliphatic carbocycles. The minimum atomic E-state index is -1.13. The van der Waals surface area contributed by atoms with Gasteiger partial charge in [0.1, 0.15) is 0 Å². The molecule has 0 atom stereocenters. The van der Waals surface area contributed by atoms with Gasteiger partial charge in [0.05, 0.1) is 0 Å². The zero-order valence-corrected chi connectivity index (χ0v) is 6.11. The van der Waals surface area contributed by atoms with Crippen LogP contribution in [-0.2, 0) is 0 Å². The van der Waals surface area contributed by atoms with Crippen molar-refractivity contribution in [2.45, 2.75) is 6.92 Å². The van der Waals surface area contributed by atoms with Gasteiger partial charge in [0.25, 0.3) is 0 Å². The molecule has 1 heterocycles. The van der Waals surface area contributed by atoms with Gasteiger partial charge in [0, 0.05) is 14.0 Å². The maximum Gasteiger partial charge on any atom is 0.415 e. The Labute approximate surface area is 62.4 Å². The van der Waals surface area contributed by atoms with Crippen LogP contribution in [0.3, 0.4) is 0 Å². The predicted molar refractivity (Wildman–Crippen MR) is 35.5 cm³/mol. The van der Waals surface area contributed by atoms with E-state index in [1.807, 2.05) is 0 Å². The SMILES string of the molecule is Cc1nnc(N(C)C(=O)O)o1. The topological polar surface area (TPSA) is 79.5 Å². The second kappa shape index (κ2) is 2.57. The summed E-state index contributed by atoms with van der Waals surface area (Å²) in [7, 11) is 1.33. The van der Waals surface area contributed by atoms with Crippen LogP contribution < -0.4 is 4.90 Å². The monoisotopic (exact) mass is 157 g/mol. The average Bonchev–Trinajstić information content (AvgIpc) is 2.34. The van der Waals surface area contributed by atoms with E-state index < -0.39 is 6.09 Å². The minimum absolute atomic E-state index is 0.0185. The van der Waals surface area contributed by atoms with Crippen molar-refractivity contribution in [3.8, 4) is 0 Å². The van der Waals surface area contributed by atoms with Crippen LogP contribution in [0.5, 0.6) is 0 Å². The number of anilines is 1. The maximum absolute atomic E-state index is 10.3. The minimum Gasteiger partial charge on any atom is -0.465 e. The predicted octanol–water partition coefficient (Wildman–Crippen LogP) is 0.492. The molecule has 0 aliphatic rings. The highest BCUT2D eigenvalue weighted by Gasteiger charge is 2.13. The molecule has 1 N–H and O–H groups in total. The Morgan fingerprint density at radius 1 is 1.64 bits per heavy atom. The van der Waals surface area contributed by atoms with Crippen molar-refractivity contribution in [3.63, 3.8) is 0 Å². The first-order chi connectivity index (χ1) is 5.11. The Balaban J connectivity index is 2.84. The number of nitrogens with zero attached hydrogens (tertiary/aromatic N) is 3. The van der Waals surface area contributed by atoms with E-state index in [-0.39, 0.29) is 6.01 Å². The molecule has 1 aromatic rings. The number of hydrogen-bond acceptors (Lipinski definition) is 4. The molecule has 1 aromatic heterocycles. The normalized spacial score (nSPS) is 9.64. The lowest BCUT2D eigenvalue weighted by atomic mass is 10.8. The van der Waals surface area contributed by atoms with Crippen LogP contribution in [0.4, 0.5) is 10.8 Å². The zero-order valence-electron chi connectivity index (χ0n) is 6.11. The van der Waals surface area contributed by atoms with Crippen LogP contribution in [0.25, 0.3) is 0 Å². The second-order valence-electron chi connectivity index (χ2n) is 1.95. The zero-order chi connectivity index (χ0) is 8.43. The maximum atomic E-state index is 10.3. The molecule has 0 unspecified atom stereocenters. The molecule has 1 rings (SSSR count). The number of carboxylic acid groups (broad SMARTS) is 1. The van der Waals surface area contributed by atoms with Crippen LogP contribution in [0, 0.1) is 6.92 Å². The first-order valence-electron chi connectivity index (χ1n) is 2.88. The molecule has 0 radical (unpaired) electrons. The number of amides is 1. The molecule has 11 heavy (non-hydrogen) atoms. The van der Waals surface area contributed by atoms with Crippen molar-refractivity contribution in [3.05, 3.63) is 5.89 Å². The highest BCUT2D eigenvalue weighted by molar-refractivity contribution is 5.82. The van der Waals surface area contributed by atoms with Crippen LogP contribution in [0.1, 0.15) is 5.89 Å². The highest BCUT2D eigenvalue weighted by atomic mass is 16.4. The third kappa shape index (κ3) is 1.46. The molecule has 0 spiro atoms. The molecule has 0 aromatic carbocycles. The van der Waals surface area contributed by atoms with E-state index >= 15 is 0 Å². The van der Waals surface area contributed by atoms with E-state index in [1.165, 1.54) is 7.05 Å². The standard InChI is InChI=1S/C5H7N3O3/c1-3-6-7-4(11-3)8(2)5(9)10/h1-2H3,(H,9,10). The third-order valence-corrected chi connectivity index (χ3v) is 1.09. The van der Waals surface area contributed by atoms with E-state index in [4.69, 9.17) is 9.52 Å². The summed E-state index contributed by atoms with van der Waals surface area (Å²) in [6.07, 6.45) is -1.13. The van der Waals surface area contributed by atoms with E-state index in [9.17, 15) is 4.79 Å². The molecule has 0 bridgehead atoms. The largest absolute Gasteiger partial charge is 0.465 e. The lowest BCUT2D eigenvalue weighted by Crippen LogP contribution is -2.23. The van der Waals surface area contributed by atoms with Crippen molar-refractivity contribution in [2.75, 3.05) is 11.9 Å². The van der Waals surface area contributed by atoms with Gasteiger partial charge in [0.2, 0.25) is 5.89 Å². The van der Waals surface area contributed by atoms with E-state index in [0.717, 1.165) is 4.90 Å².